The third-order valence-electron chi connectivity index (χ3n) is 2.64. The standard InChI is InChI=1S/C14H18N2O2/c1-4-6-10(2)17-13-8-5-7-12(9-13)14-16-15-11(3)18-14/h5,7-10H,4,6H2,1-3H3. The summed E-state index contributed by atoms with van der Waals surface area (Å²) in [4.78, 5) is 0. The van der Waals surface area contributed by atoms with E-state index in [4.69, 9.17) is 9.15 Å². The van der Waals surface area contributed by atoms with Crippen LogP contribution < -0.4 is 4.74 Å². The molecule has 0 saturated heterocycles. The zero-order valence-electron chi connectivity index (χ0n) is 11.0. The number of rotatable bonds is 5. The van der Waals surface area contributed by atoms with E-state index >= 15 is 0 Å². The number of nitrogens with zero attached hydrogens (tertiary/aromatic N) is 2. The van der Waals surface area contributed by atoms with Crippen LogP contribution in [0.4, 0.5) is 0 Å². The SMILES string of the molecule is CCCC(C)Oc1cccc(-c2nnc(C)o2)c1. The number of ether oxygens (including phenoxy) is 1. The largest absolute Gasteiger partial charge is 0.491 e. The molecule has 1 atom stereocenters. The first-order chi connectivity index (χ1) is 8.69. The Hall–Kier alpha value is -1.84. The second kappa shape index (κ2) is 5.67. The van der Waals surface area contributed by atoms with Crippen LogP contribution in [-0.4, -0.2) is 16.3 Å². The van der Waals surface area contributed by atoms with Gasteiger partial charge in [0.05, 0.1) is 6.10 Å². The molecule has 0 spiro atoms. The molecule has 0 radical (unpaired) electrons. The van der Waals surface area contributed by atoms with Gasteiger partial charge in [0.1, 0.15) is 5.75 Å². The van der Waals surface area contributed by atoms with E-state index in [0.717, 1.165) is 24.2 Å². The Morgan fingerprint density at radius 3 is 2.83 bits per heavy atom. The van der Waals surface area contributed by atoms with Crippen LogP contribution in [-0.2, 0) is 0 Å². The van der Waals surface area contributed by atoms with Gasteiger partial charge in [-0.1, -0.05) is 19.4 Å². The first-order valence-electron chi connectivity index (χ1n) is 6.26. The maximum atomic E-state index is 5.83. The number of benzene rings is 1. The van der Waals surface area contributed by atoms with Gasteiger partial charge in [-0.05, 0) is 31.5 Å². The molecule has 1 heterocycles. The molecule has 96 valence electrons. The Balaban J connectivity index is 2.15. The minimum absolute atomic E-state index is 0.217. The van der Waals surface area contributed by atoms with Crippen LogP contribution in [0.15, 0.2) is 28.7 Å². The van der Waals surface area contributed by atoms with E-state index in [0.29, 0.717) is 11.8 Å². The molecular formula is C14H18N2O2. The molecule has 0 aliphatic carbocycles. The minimum atomic E-state index is 0.217. The molecule has 18 heavy (non-hydrogen) atoms. The Morgan fingerprint density at radius 1 is 1.33 bits per heavy atom. The third kappa shape index (κ3) is 3.09. The molecule has 0 amide bonds. The molecular weight excluding hydrogens is 228 g/mol. The van der Waals surface area contributed by atoms with Crippen molar-refractivity contribution < 1.29 is 9.15 Å². The average Bonchev–Trinajstić information content (AvgIpc) is 2.76. The fraction of sp³-hybridized carbons (Fsp3) is 0.429. The lowest BCUT2D eigenvalue weighted by molar-refractivity contribution is 0.210. The van der Waals surface area contributed by atoms with Crippen molar-refractivity contribution in [3.8, 4) is 17.2 Å². The number of aromatic nitrogens is 2. The molecule has 1 aromatic carbocycles. The van der Waals surface area contributed by atoms with E-state index < -0.39 is 0 Å². The van der Waals surface area contributed by atoms with E-state index in [2.05, 4.69) is 24.0 Å². The first kappa shape index (κ1) is 12.6. The summed E-state index contributed by atoms with van der Waals surface area (Å²) in [6.07, 6.45) is 2.38. The molecule has 0 aliphatic rings. The lowest BCUT2D eigenvalue weighted by Crippen LogP contribution is -2.10. The number of hydrogen-bond donors (Lipinski definition) is 0. The van der Waals surface area contributed by atoms with E-state index in [9.17, 15) is 0 Å². The summed E-state index contributed by atoms with van der Waals surface area (Å²) < 4.78 is 11.2. The topological polar surface area (TPSA) is 48.2 Å². The highest BCUT2D eigenvalue weighted by Gasteiger charge is 2.08. The second-order valence-electron chi connectivity index (χ2n) is 4.37. The van der Waals surface area contributed by atoms with Gasteiger partial charge in [0.2, 0.25) is 11.8 Å². The van der Waals surface area contributed by atoms with Crippen molar-refractivity contribution in [2.24, 2.45) is 0 Å². The van der Waals surface area contributed by atoms with Crippen molar-refractivity contribution in [2.75, 3.05) is 0 Å². The molecule has 1 aromatic heterocycles. The van der Waals surface area contributed by atoms with Gasteiger partial charge in [-0.3, -0.25) is 0 Å². The highest BCUT2D eigenvalue weighted by molar-refractivity contribution is 5.55. The molecule has 2 rings (SSSR count). The monoisotopic (exact) mass is 246 g/mol. The molecule has 4 nitrogen and oxygen atoms in total. The van der Waals surface area contributed by atoms with Gasteiger partial charge in [0.15, 0.2) is 0 Å². The summed E-state index contributed by atoms with van der Waals surface area (Å²) in [6.45, 7) is 6.00. The van der Waals surface area contributed by atoms with E-state index in [-0.39, 0.29) is 6.10 Å². The van der Waals surface area contributed by atoms with Crippen LogP contribution in [0.1, 0.15) is 32.6 Å². The third-order valence-corrected chi connectivity index (χ3v) is 2.64. The van der Waals surface area contributed by atoms with Crippen molar-refractivity contribution in [3.05, 3.63) is 30.2 Å². The molecule has 0 N–H and O–H groups in total. The summed E-state index contributed by atoms with van der Waals surface area (Å²) in [5.74, 6) is 1.93. The summed E-state index contributed by atoms with van der Waals surface area (Å²) in [7, 11) is 0. The zero-order valence-corrected chi connectivity index (χ0v) is 11.0. The van der Waals surface area contributed by atoms with Gasteiger partial charge >= 0.3 is 0 Å². The molecule has 0 aliphatic heterocycles. The molecule has 4 heteroatoms. The highest BCUT2D eigenvalue weighted by Crippen LogP contribution is 2.23. The lowest BCUT2D eigenvalue weighted by Gasteiger charge is -2.13. The van der Waals surface area contributed by atoms with Crippen LogP contribution in [0.2, 0.25) is 0 Å². The molecule has 0 saturated carbocycles. The van der Waals surface area contributed by atoms with Crippen LogP contribution >= 0.6 is 0 Å². The van der Waals surface area contributed by atoms with Crippen molar-refractivity contribution >= 4 is 0 Å². The highest BCUT2D eigenvalue weighted by atomic mass is 16.5. The fourth-order valence-electron chi connectivity index (χ4n) is 1.81. The maximum Gasteiger partial charge on any atom is 0.247 e. The smallest absolute Gasteiger partial charge is 0.247 e. The van der Waals surface area contributed by atoms with Gasteiger partial charge in [-0.25, -0.2) is 0 Å². The van der Waals surface area contributed by atoms with Crippen LogP contribution in [0.25, 0.3) is 11.5 Å². The van der Waals surface area contributed by atoms with E-state index in [1.807, 2.05) is 24.3 Å². The summed E-state index contributed by atoms with van der Waals surface area (Å²) in [5.41, 5.74) is 0.886. The van der Waals surface area contributed by atoms with E-state index in [1.165, 1.54) is 0 Å². The second-order valence-corrected chi connectivity index (χ2v) is 4.37. The van der Waals surface area contributed by atoms with Crippen molar-refractivity contribution in [1.29, 1.82) is 0 Å². The molecule has 2 aromatic rings. The van der Waals surface area contributed by atoms with Gasteiger partial charge < -0.3 is 9.15 Å². The van der Waals surface area contributed by atoms with Crippen molar-refractivity contribution in [2.45, 2.75) is 39.7 Å². The van der Waals surface area contributed by atoms with Gasteiger partial charge in [0, 0.05) is 12.5 Å². The Kier molecular flexibility index (Phi) is 3.97. The molecule has 0 fully saturated rings. The quantitative estimate of drug-likeness (QED) is 0.808. The molecule has 1 unspecified atom stereocenters. The van der Waals surface area contributed by atoms with Crippen LogP contribution in [0, 0.1) is 6.92 Å². The summed E-state index contributed by atoms with van der Waals surface area (Å²) >= 11 is 0. The average molecular weight is 246 g/mol. The Labute approximate surface area is 107 Å². The normalized spacial score (nSPS) is 12.4. The van der Waals surface area contributed by atoms with Crippen molar-refractivity contribution in [3.63, 3.8) is 0 Å². The molecule has 0 bridgehead atoms. The maximum absolute atomic E-state index is 5.83. The van der Waals surface area contributed by atoms with Gasteiger partial charge in [0.25, 0.3) is 0 Å². The van der Waals surface area contributed by atoms with E-state index in [1.54, 1.807) is 6.92 Å². The zero-order chi connectivity index (χ0) is 13.0. The Morgan fingerprint density at radius 2 is 2.17 bits per heavy atom. The summed E-state index contributed by atoms with van der Waals surface area (Å²) in [5, 5.41) is 7.83. The number of aryl methyl sites for hydroxylation is 1. The number of hydrogen-bond acceptors (Lipinski definition) is 4. The minimum Gasteiger partial charge on any atom is -0.491 e. The predicted octanol–water partition coefficient (Wildman–Crippen LogP) is 3.61. The van der Waals surface area contributed by atoms with Gasteiger partial charge in [-0.15, -0.1) is 10.2 Å². The van der Waals surface area contributed by atoms with Crippen LogP contribution in [0.5, 0.6) is 5.75 Å². The van der Waals surface area contributed by atoms with Gasteiger partial charge in [-0.2, -0.15) is 0 Å². The van der Waals surface area contributed by atoms with Crippen molar-refractivity contribution in [1.82, 2.24) is 10.2 Å². The fourth-order valence-corrected chi connectivity index (χ4v) is 1.81. The predicted molar refractivity (Wildman–Crippen MR) is 69.5 cm³/mol. The lowest BCUT2D eigenvalue weighted by atomic mass is 10.2. The van der Waals surface area contributed by atoms with Crippen LogP contribution in [0.3, 0.4) is 0 Å². The summed E-state index contributed by atoms with van der Waals surface area (Å²) in [6, 6.07) is 7.74. The Bertz CT molecular complexity index is 508. The first-order valence-corrected chi connectivity index (χ1v) is 6.26.